The molecule has 0 fully saturated rings. The SMILES string of the molecule is CC(=O)OC1(c2cc3ccccc3o2)OC(=O)C(C(F)(F)F)=C1O. The zero-order chi connectivity index (χ0) is 17.7. The van der Waals surface area contributed by atoms with Crippen molar-refractivity contribution in [3.05, 3.63) is 47.4 Å². The van der Waals surface area contributed by atoms with Crippen LogP contribution in [0.2, 0.25) is 0 Å². The molecule has 1 aliphatic rings. The molecule has 1 unspecified atom stereocenters. The van der Waals surface area contributed by atoms with E-state index in [-0.39, 0.29) is 5.58 Å². The van der Waals surface area contributed by atoms with Crippen LogP contribution in [0.25, 0.3) is 11.0 Å². The van der Waals surface area contributed by atoms with Gasteiger partial charge in [-0.1, -0.05) is 18.2 Å². The van der Waals surface area contributed by atoms with Crippen molar-refractivity contribution in [3.63, 3.8) is 0 Å². The summed E-state index contributed by atoms with van der Waals surface area (Å²) in [6.07, 6.45) is -5.20. The maximum atomic E-state index is 13.0. The molecule has 0 bridgehead atoms. The molecule has 3 rings (SSSR count). The molecule has 0 radical (unpaired) electrons. The Labute approximate surface area is 132 Å². The molecule has 2 aromatic rings. The third-order valence-corrected chi connectivity index (χ3v) is 3.31. The van der Waals surface area contributed by atoms with E-state index >= 15 is 0 Å². The summed E-state index contributed by atoms with van der Waals surface area (Å²) in [6.45, 7) is 0.886. The number of ether oxygens (including phenoxy) is 2. The first kappa shape index (κ1) is 15.9. The first-order chi connectivity index (χ1) is 11.1. The quantitative estimate of drug-likeness (QED) is 0.844. The predicted octanol–water partition coefficient (Wildman–Crippen LogP) is 3.08. The highest BCUT2D eigenvalue weighted by molar-refractivity contribution is 5.94. The molecule has 6 nitrogen and oxygen atoms in total. The number of carbonyl (C=O) groups excluding carboxylic acids is 2. The number of hydrogen-bond acceptors (Lipinski definition) is 6. The number of fused-ring (bicyclic) bond motifs is 1. The van der Waals surface area contributed by atoms with E-state index in [0.717, 1.165) is 6.92 Å². The van der Waals surface area contributed by atoms with Gasteiger partial charge in [-0.15, -0.1) is 0 Å². The van der Waals surface area contributed by atoms with E-state index in [2.05, 4.69) is 4.74 Å². The summed E-state index contributed by atoms with van der Waals surface area (Å²) in [5.41, 5.74) is -1.72. The van der Waals surface area contributed by atoms with E-state index in [1.165, 1.54) is 12.1 Å². The molecular weight excluding hydrogens is 333 g/mol. The van der Waals surface area contributed by atoms with Crippen molar-refractivity contribution in [2.24, 2.45) is 0 Å². The Kier molecular flexibility index (Phi) is 3.32. The number of cyclic esters (lactones) is 1. The largest absolute Gasteiger partial charge is 0.504 e. The number of hydrogen-bond donors (Lipinski definition) is 1. The Morgan fingerprint density at radius 3 is 2.50 bits per heavy atom. The molecule has 0 saturated carbocycles. The number of esters is 2. The van der Waals surface area contributed by atoms with Crippen LogP contribution >= 0.6 is 0 Å². The van der Waals surface area contributed by atoms with Crippen LogP contribution in [0.1, 0.15) is 12.7 Å². The first-order valence-electron chi connectivity index (χ1n) is 6.58. The number of aliphatic hydroxyl groups excluding tert-OH is 1. The number of para-hydroxylation sites is 1. The molecule has 1 aromatic heterocycles. The third-order valence-electron chi connectivity index (χ3n) is 3.31. The molecule has 1 N–H and O–H groups in total. The van der Waals surface area contributed by atoms with Crippen LogP contribution in [0, 0.1) is 0 Å². The van der Waals surface area contributed by atoms with Gasteiger partial charge in [0.2, 0.25) is 5.76 Å². The highest BCUT2D eigenvalue weighted by Crippen LogP contribution is 2.47. The van der Waals surface area contributed by atoms with Crippen molar-refractivity contribution in [1.82, 2.24) is 0 Å². The Hall–Kier alpha value is -2.97. The van der Waals surface area contributed by atoms with Crippen molar-refractivity contribution >= 4 is 22.9 Å². The fourth-order valence-electron chi connectivity index (χ4n) is 2.37. The summed E-state index contributed by atoms with van der Waals surface area (Å²) in [5, 5.41) is 10.5. The van der Waals surface area contributed by atoms with Crippen molar-refractivity contribution in [3.8, 4) is 0 Å². The van der Waals surface area contributed by atoms with E-state index in [1.807, 2.05) is 0 Å². The van der Waals surface area contributed by atoms with E-state index < -0.39 is 41.0 Å². The van der Waals surface area contributed by atoms with Crippen molar-refractivity contribution in [2.45, 2.75) is 18.9 Å². The number of rotatable bonds is 2. The summed E-state index contributed by atoms with van der Waals surface area (Å²) in [5.74, 6) is -7.83. The van der Waals surface area contributed by atoms with E-state index in [0.29, 0.717) is 5.39 Å². The van der Waals surface area contributed by atoms with Crippen molar-refractivity contribution in [1.29, 1.82) is 0 Å². The smallest absolute Gasteiger partial charge is 0.426 e. The molecule has 0 saturated heterocycles. The van der Waals surface area contributed by atoms with Gasteiger partial charge in [-0.25, -0.2) is 4.79 Å². The van der Waals surface area contributed by atoms with Gasteiger partial charge in [0.25, 0.3) is 0 Å². The first-order valence-corrected chi connectivity index (χ1v) is 6.58. The lowest BCUT2D eigenvalue weighted by molar-refractivity contribution is -0.223. The van der Waals surface area contributed by atoms with Gasteiger partial charge in [-0.3, -0.25) is 4.79 Å². The second kappa shape index (κ2) is 5.02. The van der Waals surface area contributed by atoms with Crippen LogP contribution in [0.3, 0.4) is 0 Å². The maximum Gasteiger partial charge on any atom is 0.426 e. The zero-order valence-corrected chi connectivity index (χ0v) is 12.0. The summed E-state index contributed by atoms with van der Waals surface area (Å²) in [4.78, 5) is 23.0. The second-order valence-electron chi connectivity index (χ2n) is 4.97. The summed E-state index contributed by atoms with van der Waals surface area (Å²) in [7, 11) is 0. The number of benzene rings is 1. The van der Waals surface area contributed by atoms with Gasteiger partial charge in [-0.2, -0.15) is 13.2 Å². The third kappa shape index (κ3) is 2.29. The van der Waals surface area contributed by atoms with Crippen LogP contribution in [0.15, 0.2) is 46.1 Å². The fourth-order valence-corrected chi connectivity index (χ4v) is 2.37. The van der Waals surface area contributed by atoms with Gasteiger partial charge in [-0.05, 0) is 12.1 Å². The van der Waals surface area contributed by atoms with Gasteiger partial charge < -0.3 is 19.0 Å². The zero-order valence-electron chi connectivity index (χ0n) is 12.0. The minimum absolute atomic E-state index is 0.239. The Balaban J connectivity index is 2.25. The number of carbonyl (C=O) groups is 2. The highest BCUT2D eigenvalue weighted by atomic mass is 19.4. The number of furan rings is 1. The normalized spacial score (nSPS) is 21.2. The minimum atomic E-state index is -5.20. The average molecular weight is 342 g/mol. The maximum absolute atomic E-state index is 13.0. The number of aliphatic hydroxyl groups is 1. The van der Waals surface area contributed by atoms with Gasteiger partial charge in [0.05, 0.1) is 0 Å². The van der Waals surface area contributed by atoms with Crippen molar-refractivity contribution in [2.75, 3.05) is 0 Å². The van der Waals surface area contributed by atoms with E-state index in [9.17, 15) is 27.9 Å². The fraction of sp³-hybridized carbons (Fsp3) is 0.200. The molecule has 126 valence electrons. The molecular formula is C15H9F3O6. The van der Waals surface area contributed by atoms with Crippen LogP contribution in [-0.4, -0.2) is 23.2 Å². The lowest BCUT2D eigenvalue weighted by atomic mass is 10.1. The molecule has 1 aromatic carbocycles. The van der Waals surface area contributed by atoms with Gasteiger partial charge in [0.15, 0.2) is 11.3 Å². The summed E-state index contributed by atoms with van der Waals surface area (Å²) >= 11 is 0. The molecule has 0 spiro atoms. The molecule has 0 aliphatic carbocycles. The van der Waals surface area contributed by atoms with E-state index in [4.69, 9.17) is 9.15 Å². The van der Waals surface area contributed by atoms with Crippen LogP contribution in [0.5, 0.6) is 0 Å². The van der Waals surface area contributed by atoms with Crippen LogP contribution < -0.4 is 0 Å². The van der Waals surface area contributed by atoms with Crippen LogP contribution in [-0.2, 0) is 24.8 Å². The minimum Gasteiger partial charge on any atom is -0.504 e. The van der Waals surface area contributed by atoms with Crippen molar-refractivity contribution < 1.29 is 41.8 Å². The van der Waals surface area contributed by atoms with Gasteiger partial charge in [0, 0.05) is 12.3 Å². The topological polar surface area (TPSA) is 86.0 Å². The van der Waals surface area contributed by atoms with Gasteiger partial charge >= 0.3 is 23.9 Å². The number of halogens is 3. The number of alkyl halides is 3. The molecule has 1 aliphatic heterocycles. The summed E-state index contributed by atoms with van der Waals surface area (Å²) < 4.78 is 53.6. The standard InChI is InChI=1S/C15H9F3O6/c1-7(19)23-14(10-6-8-4-2-3-5-9(8)22-10)12(20)11(13(21)24-14)15(16,17)18/h2-6,20H,1H3. The van der Waals surface area contributed by atoms with Crippen LogP contribution in [0.4, 0.5) is 13.2 Å². The van der Waals surface area contributed by atoms with Gasteiger partial charge in [0.1, 0.15) is 5.58 Å². The molecule has 1 atom stereocenters. The second-order valence-corrected chi connectivity index (χ2v) is 4.97. The lowest BCUT2D eigenvalue weighted by Crippen LogP contribution is -2.34. The Morgan fingerprint density at radius 1 is 1.29 bits per heavy atom. The predicted molar refractivity (Wildman–Crippen MR) is 71.5 cm³/mol. The molecule has 9 heteroatoms. The Morgan fingerprint density at radius 2 is 1.96 bits per heavy atom. The average Bonchev–Trinajstić information content (AvgIpc) is 2.98. The summed E-state index contributed by atoms with van der Waals surface area (Å²) in [6, 6.07) is 7.53. The monoisotopic (exact) mass is 342 g/mol. The van der Waals surface area contributed by atoms with E-state index in [1.54, 1.807) is 18.2 Å². The highest BCUT2D eigenvalue weighted by Gasteiger charge is 2.62. The Bertz CT molecular complexity index is 846. The molecule has 24 heavy (non-hydrogen) atoms. The molecule has 2 heterocycles. The lowest BCUT2D eigenvalue weighted by Gasteiger charge is -2.24. The molecule has 0 amide bonds.